The van der Waals surface area contributed by atoms with Crippen LogP contribution >= 0.6 is 0 Å². The number of hydrogen-bond donors (Lipinski definition) is 0. The van der Waals surface area contributed by atoms with E-state index < -0.39 is 0 Å². The normalized spacial score (nSPS) is 14.8. The highest BCUT2D eigenvalue weighted by Crippen LogP contribution is 2.35. The number of nitrogens with zero attached hydrogens (tertiary/aromatic N) is 2. The molecule has 0 aliphatic carbocycles. The van der Waals surface area contributed by atoms with Crippen molar-refractivity contribution >= 4 is 27.5 Å². The molecule has 0 N–H and O–H groups in total. The van der Waals surface area contributed by atoms with Gasteiger partial charge in [-0.25, -0.2) is 4.98 Å². The first-order valence-electron chi connectivity index (χ1n) is 9.11. The van der Waals surface area contributed by atoms with Gasteiger partial charge in [-0.05, 0) is 29.8 Å². The van der Waals surface area contributed by atoms with Gasteiger partial charge in [-0.3, -0.25) is 0 Å². The zero-order valence-corrected chi connectivity index (χ0v) is 14.6. The molecule has 26 heavy (non-hydrogen) atoms. The zero-order valence-electron chi connectivity index (χ0n) is 14.6. The molecule has 3 heteroatoms. The molecule has 0 spiro atoms. The van der Waals surface area contributed by atoms with Crippen molar-refractivity contribution in [2.45, 2.75) is 0 Å². The van der Waals surface area contributed by atoms with E-state index in [4.69, 9.17) is 9.72 Å². The Bertz CT molecular complexity index is 1010. The number of morpholine rings is 1. The first kappa shape index (κ1) is 15.4. The fourth-order valence-electron chi connectivity index (χ4n) is 3.81. The number of hydrogen-bond acceptors (Lipinski definition) is 3. The predicted octanol–water partition coefficient (Wildman–Crippen LogP) is 4.89. The first-order chi connectivity index (χ1) is 12.9. The molecule has 0 amide bonds. The molecule has 0 unspecified atom stereocenters. The number of aromatic nitrogens is 1. The Labute approximate surface area is 152 Å². The topological polar surface area (TPSA) is 25.4 Å². The smallest absolute Gasteiger partial charge is 0.0715 e. The van der Waals surface area contributed by atoms with Crippen molar-refractivity contribution in [3.8, 4) is 11.1 Å². The molecule has 1 saturated heterocycles. The van der Waals surface area contributed by atoms with Crippen molar-refractivity contribution in [1.82, 2.24) is 4.98 Å². The van der Waals surface area contributed by atoms with Crippen LogP contribution in [0.25, 0.3) is 32.9 Å². The second-order valence-electron chi connectivity index (χ2n) is 6.67. The van der Waals surface area contributed by atoms with Crippen LogP contribution in [0.1, 0.15) is 0 Å². The Morgan fingerprint density at radius 2 is 1.27 bits per heavy atom. The van der Waals surface area contributed by atoms with Crippen molar-refractivity contribution in [3.05, 3.63) is 72.8 Å². The van der Waals surface area contributed by atoms with Crippen LogP contribution in [0.15, 0.2) is 72.8 Å². The second-order valence-corrected chi connectivity index (χ2v) is 6.67. The van der Waals surface area contributed by atoms with Gasteiger partial charge in [0.05, 0.1) is 24.2 Å². The molecule has 1 aliphatic rings. The largest absolute Gasteiger partial charge is 0.378 e. The fourth-order valence-corrected chi connectivity index (χ4v) is 3.81. The van der Waals surface area contributed by atoms with Crippen LogP contribution < -0.4 is 4.90 Å². The number of ether oxygens (including phenoxy) is 1. The van der Waals surface area contributed by atoms with Gasteiger partial charge < -0.3 is 9.64 Å². The van der Waals surface area contributed by atoms with E-state index in [1.807, 2.05) is 0 Å². The molecule has 2 heterocycles. The number of para-hydroxylation sites is 2. The van der Waals surface area contributed by atoms with Gasteiger partial charge in [0.1, 0.15) is 0 Å². The van der Waals surface area contributed by atoms with E-state index in [0.717, 1.165) is 37.3 Å². The molecule has 1 aromatic heterocycles. The van der Waals surface area contributed by atoms with E-state index >= 15 is 0 Å². The fraction of sp³-hybridized carbons (Fsp3) is 0.174. The SMILES string of the molecule is c1ccc2c(-c3ccc(N4CCOCC4)cc3)c3ccccc3nc2c1. The summed E-state index contributed by atoms with van der Waals surface area (Å²) in [7, 11) is 0. The molecule has 0 saturated carbocycles. The molecular weight excluding hydrogens is 320 g/mol. The molecular formula is C23H20N2O. The lowest BCUT2D eigenvalue weighted by atomic mass is 9.96. The third kappa shape index (κ3) is 2.61. The van der Waals surface area contributed by atoms with Gasteiger partial charge in [0.15, 0.2) is 0 Å². The summed E-state index contributed by atoms with van der Waals surface area (Å²) in [6.07, 6.45) is 0. The van der Waals surface area contributed by atoms with Crippen LogP contribution in [0.5, 0.6) is 0 Å². The van der Waals surface area contributed by atoms with E-state index in [0.29, 0.717) is 0 Å². The highest BCUT2D eigenvalue weighted by atomic mass is 16.5. The van der Waals surface area contributed by atoms with E-state index in [9.17, 15) is 0 Å². The maximum Gasteiger partial charge on any atom is 0.0715 e. The van der Waals surface area contributed by atoms with E-state index in [-0.39, 0.29) is 0 Å². The molecule has 0 bridgehead atoms. The standard InChI is InChI=1S/C23H20N2O/c1-3-7-21-19(5-1)23(20-6-2-4-8-22(20)24-21)17-9-11-18(12-10-17)25-13-15-26-16-14-25/h1-12H,13-16H2. The zero-order chi connectivity index (χ0) is 17.3. The van der Waals surface area contributed by atoms with E-state index in [1.54, 1.807) is 0 Å². The Balaban J connectivity index is 1.67. The molecule has 0 atom stereocenters. The minimum Gasteiger partial charge on any atom is -0.378 e. The monoisotopic (exact) mass is 340 g/mol. The van der Waals surface area contributed by atoms with Crippen molar-refractivity contribution in [1.29, 1.82) is 0 Å². The Kier molecular flexibility index (Phi) is 3.80. The van der Waals surface area contributed by atoms with Crippen molar-refractivity contribution in [2.24, 2.45) is 0 Å². The van der Waals surface area contributed by atoms with Crippen LogP contribution in [0.3, 0.4) is 0 Å². The van der Waals surface area contributed by atoms with Gasteiger partial charge in [0.2, 0.25) is 0 Å². The predicted molar refractivity (Wildman–Crippen MR) is 108 cm³/mol. The van der Waals surface area contributed by atoms with Crippen LogP contribution in [0.2, 0.25) is 0 Å². The lowest BCUT2D eigenvalue weighted by molar-refractivity contribution is 0.122. The van der Waals surface area contributed by atoms with Crippen LogP contribution in [-0.2, 0) is 4.74 Å². The minimum atomic E-state index is 0.807. The lowest BCUT2D eigenvalue weighted by Gasteiger charge is -2.29. The molecule has 1 aliphatic heterocycles. The maximum atomic E-state index is 5.46. The number of fused-ring (bicyclic) bond motifs is 2. The summed E-state index contributed by atoms with van der Waals surface area (Å²) < 4.78 is 5.46. The molecule has 4 aromatic rings. The average molecular weight is 340 g/mol. The highest BCUT2D eigenvalue weighted by Gasteiger charge is 2.13. The van der Waals surface area contributed by atoms with Crippen LogP contribution in [0, 0.1) is 0 Å². The van der Waals surface area contributed by atoms with E-state index in [2.05, 4.69) is 77.7 Å². The summed E-state index contributed by atoms with van der Waals surface area (Å²) in [5.41, 5.74) is 5.84. The summed E-state index contributed by atoms with van der Waals surface area (Å²) in [5.74, 6) is 0. The van der Waals surface area contributed by atoms with Crippen LogP contribution in [0.4, 0.5) is 5.69 Å². The summed E-state index contributed by atoms with van der Waals surface area (Å²) in [5, 5.41) is 2.40. The minimum absolute atomic E-state index is 0.807. The maximum absolute atomic E-state index is 5.46. The molecule has 5 rings (SSSR count). The average Bonchev–Trinajstić information content (AvgIpc) is 2.73. The molecule has 0 radical (unpaired) electrons. The summed E-state index contributed by atoms with van der Waals surface area (Å²) >= 11 is 0. The molecule has 3 aromatic carbocycles. The Hall–Kier alpha value is -2.91. The van der Waals surface area contributed by atoms with Gasteiger partial charge in [-0.15, -0.1) is 0 Å². The quantitative estimate of drug-likeness (QED) is 0.486. The van der Waals surface area contributed by atoms with Gasteiger partial charge in [0, 0.05) is 35.1 Å². The summed E-state index contributed by atoms with van der Waals surface area (Å²) in [6, 6.07) is 25.7. The number of anilines is 1. The number of rotatable bonds is 2. The number of pyridine rings is 1. The van der Waals surface area contributed by atoms with Gasteiger partial charge in [0.25, 0.3) is 0 Å². The van der Waals surface area contributed by atoms with Crippen LogP contribution in [-0.4, -0.2) is 31.3 Å². The first-order valence-corrected chi connectivity index (χ1v) is 9.11. The van der Waals surface area contributed by atoms with Gasteiger partial charge in [-0.2, -0.15) is 0 Å². The molecule has 128 valence electrons. The third-order valence-electron chi connectivity index (χ3n) is 5.12. The van der Waals surface area contributed by atoms with Gasteiger partial charge >= 0.3 is 0 Å². The molecule has 1 fully saturated rings. The third-order valence-corrected chi connectivity index (χ3v) is 5.12. The second kappa shape index (κ2) is 6.43. The Morgan fingerprint density at radius 3 is 1.88 bits per heavy atom. The Morgan fingerprint density at radius 1 is 0.692 bits per heavy atom. The van der Waals surface area contributed by atoms with Crippen molar-refractivity contribution in [3.63, 3.8) is 0 Å². The van der Waals surface area contributed by atoms with E-state index in [1.165, 1.54) is 27.6 Å². The summed E-state index contributed by atoms with van der Waals surface area (Å²) in [6.45, 7) is 3.53. The van der Waals surface area contributed by atoms with Crippen molar-refractivity contribution < 1.29 is 4.74 Å². The summed E-state index contributed by atoms with van der Waals surface area (Å²) in [4.78, 5) is 7.22. The lowest BCUT2D eigenvalue weighted by Crippen LogP contribution is -2.36. The van der Waals surface area contributed by atoms with Gasteiger partial charge in [-0.1, -0.05) is 48.5 Å². The number of benzene rings is 3. The highest BCUT2D eigenvalue weighted by molar-refractivity contribution is 6.09. The molecule has 3 nitrogen and oxygen atoms in total. The van der Waals surface area contributed by atoms with Crippen molar-refractivity contribution in [2.75, 3.05) is 31.2 Å².